The molecule has 0 N–H and O–H groups in total. The first kappa shape index (κ1) is 12.1. The number of hydrogen-bond donors (Lipinski definition) is 0. The second kappa shape index (κ2) is 4.13. The fraction of sp³-hybridized carbons (Fsp3) is 0.455. The normalized spacial score (nSPS) is 23.3. The van der Waals surface area contributed by atoms with E-state index in [1.54, 1.807) is 16.4 Å². The molecule has 0 spiro atoms. The number of nitrogens with zero attached hydrogens (tertiary/aromatic N) is 1. The summed E-state index contributed by atoms with van der Waals surface area (Å²) in [6.45, 7) is 4.50. The summed E-state index contributed by atoms with van der Waals surface area (Å²) in [4.78, 5) is 0.455. The predicted molar refractivity (Wildman–Crippen MR) is 66.7 cm³/mol. The second-order valence-electron chi connectivity index (χ2n) is 3.97. The second-order valence-corrected chi connectivity index (χ2v) is 6.75. The van der Waals surface area contributed by atoms with Crippen LogP contribution >= 0.6 is 15.9 Å². The Bertz CT molecular complexity index is 513. The average Bonchev–Trinajstić information content (AvgIpc) is 2.40. The van der Waals surface area contributed by atoms with Crippen LogP contribution in [0.25, 0.3) is 0 Å². The lowest BCUT2D eigenvalue weighted by atomic mass is 10.1. The van der Waals surface area contributed by atoms with E-state index >= 15 is 0 Å². The smallest absolute Gasteiger partial charge is 0.207 e. The third kappa shape index (κ3) is 1.71. The monoisotopic (exact) mass is 303 g/mol. The SMILES string of the molecule is CCCN1C(C)c2cc(Br)ccc2S1(=O)=O. The number of fused-ring (bicyclic) bond motifs is 1. The van der Waals surface area contributed by atoms with Gasteiger partial charge in [0.2, 0.25) is 10.0 Å². The molecule has 1 unspecified atom stereocenters. The van der Waals surface area contributed by atoms with Crippen molar-refractivity contribution >= 4 is 26.0 Å². The van der Waals surface area contributed by atoms with Crippen LogP contribution < -0.4 is 0 Å². The first-order valence-corrected chi connectivity index (χ1v) is 7.53. The van der Waals surface area contributed by atoms with Gasteiger partial charge in [-0.15, -0.1) is 0 Å². The molecule has 0 amide bonds. The summed E-state index contributed by atoms with van der Waals surface area (Å²) < 4.78 is 26.9. The lowest BCUT2D eigenvalue weighted by molar-refractivity contribution is 0.360. The molecule has 0 aliphatic carbocycles. The molecule has 1 aromatic rings. The Kier molecular flexibility index (Phi) is 3.11. The maximum Gasteiger partial charge on any atom is 0.243 e. The van der Waals surface area contributed by atoms with Crippen LogP contribution in [0.3, 0.4) is 0 Å². The van der Waals surface area contributed by atoms with Gasteiger partial charge in [-0.3, -0.25) is 0 Å². The van der Waals surface area contributed by atoms with Crippen molar-refractivity contribution in [2.45, 2.75) is 31.2 Å². The van der Waals surface area contributed by atoms with Crippen LogP contribution in [0.1, 0.15) is 31.9 Å². The minimum Gasteiger partial charge on any atom is -0.207 e. The highest BCUT2D eigenvalue weighted by molar-refractivity contribution is 9.10. The van der Waals surface area contributed by atoms with Crippen LogP contribution in [0, 0.1) is 0 Å². The largest absolute Gasteiger partial charge is 0.243 e. The van der Waals surface area contributed by atoms with E-state index in [9.17, 15) is 8.42 Å². The molecular formula is C11H14BrNO2S. The van der Waals surface area contributed by atoms with E-state index in [0.29, 0.717) is 11.4 Å². The molecule has 5 heteroatoms. The number of rotatable bonds is 2. The number of halogens is 1. The highest BCUT2D eigenvalue weighted by Crippen LogP contribution is 2.40. The fourth-order valence-electron chi connectivity index (χ4n) is 2.10. The highest BCUT2D eigenvalue weighted by Gasteiger charge is 2.39. The van der Waals surface area contributed by atoms with Crippen LogP contribution in [0.15, 0.2) is 27.6 Å². The Morgan fingerprint density at radius 2 is 2.12 bits per heavy atom. The van der Waals surface area contributed by atoms with Crippen LogP contribution in [-0.2, 0) is 10.0 Å². The number of hydrogen-bond acceptors (Lipinski definition) is 2. The van der Waals surface area contributed by atoms with Crippen molar-refractivity contribution < 1.29 is 8.42 Å². The average molecular weight is 304 g/mol. The molecular weight excluding hydrogens is 290 g/mol. The zero-order valence-corrected chi connectivity index (χ0v) is 11.7. The van der Waals surface area contributed by atoms with E-state index in [2.05, 4.69) is 15.9 Å². The molecule has 3 nitrogen and oxygen atoms in total. The number of benzene rings is 1. The van der Waals surface area contributed by atoms with E-state index < -0.39 is 10.0 Å². The molecule has 2 rings (SSSR count). The molecule has 1 aromatic carbocycles. The molecule has 1 aliphatic heterocycles. The Balaban J connectivity index is 2.57. The minimum atomic E-state index is -3.26. The molecule has 0 aromatic heterocycles. The van der Waals surface area contributed by atoms with Crippen molar-refractivity contribution in [1.29, 1.82) is 0 Å². The molecule has 0 fully saturated rings. The predicted octanol–water partition coefficient (Wildman–Crippen LogP) is 2.92. The first-order chi connectivity index (χ1) is 7.48. The van der Waals surface area contributed by atoms with Crippen molar-refractivity contribution in [3.63, 3.8) is 0 Å². The molecule has 0 bridgehead atoms. The van der Waals surface area contributed by atoms with Gasteiger partial charge in [-0.1, -0.05) is 22.9 Å². The summed E-state index contributed by atoms with van der Waals surface area (Å²) in [6, 6.07) is 5.30. The van der Waals surface area contributed by atoms with Crippen molar-refractivity contribution in [2.24, 2.45) is 0 Å². The van der Waals surface area contributed by atoms with Gasteiger partial charge in [-0.2, -0.15) is 4.31 Å². The van der Waals surface area contributed by atoms with Gasteiger partial charge in [0, 0.05) is 17.1 Å². The van der Waals surface area contributed by atoms with Crippen LogP contribution in [0.2, 0.25) is 0 Å². The molecule has 16 heavy (non-hydrogen) atoms. The van der Waals surface area contributed by atoms with Crippen molar-refractivity contribution in [3.05, 3.63) is 28.2 Å². The lowest BCUT2D eigenvalue weighted by Crippen LogP contribution is -2.27. The van der Waals surface area contributed by atoms with E-state index in [1.165, 1.54) is 0 Å². The van der Waals surface area contributed by atoms with E-state index in [4.69, 9.17) is 0 Å². The Morgan fingerprint density at radius 3 is 2.75 bits per heavy atom. The van der Waals surface area contributed by atoms with Crippen LogP contribution in [0.4, 0.5) is 0 Å². The van der Waals surface area contributed by atoms with Gasteiger partial charge in [0.15, 0.2) is 0 Å². The number of sulfonamides is 1. The summed E-state index contributed by atoms with van der Waals surface area (Å²) in [5.74, 6) is 0. The third-order valence-corrected chi connectivity index (χ3v) is 5.42. The summed E-state index contributed by atoms with van der Waals surface area (Å²) in [5, 5.41) is 0. The van der Waals surface area contributed by atoms with E-state index in [1.807, 2.05) is 19.9 Å². The first-order valence-electron chi connectivity index (χ1n) is 5.29. The fourth-order valence-corrected chi connectivity index (χ4v) is 4.46. The van der Waals surface area contributed by atoms with Gasteiger partial charge in [-0.05, 0) is 37.1 Å². The quantitative estimate of drug-likeness (QED) is 0.842. The standard InChI is InChI=1S/C11H14BrNO2S/c1-3-6-13-8(2)10-7-9(12)4-5-11(10)16(13,14)15/h4-5,7-8H,3,6H2,1-2H3. The summed E-state index contributed by atoms with van der Waals surface area (Å²) in [7, 11) is -3.26. The van der Waals surface area contributed by atoms with Gasteiger partial charge < -0.3 is 0 Å². The lowest BCUT2D eigenvalue weighted by Gasteiger charge is -2.18. The van der Waals surface area contributed by atoms with Gasteiger partial charge in [0.1, 0.15) is 0 Å². The maximum absolute atomic E-state index is 12.2. The van der Waals surface area contributed by atoms with Crippen molar-refractivity contribution in [2.75, 3.05) is 6.54 Å². The molecule has 1 heterocycles. The zero-order valence-electron chi connectivity index (χ0n) is 9.27. The van der Waals surface area contributed by atoms with Gasteiger partial charge in [0.05, 0.1) is 4.90 Å². The van der Waals surface area contributed by atoms with E-state index in [-0.39, 0.29) is 6.04 Å². The Labute approximate surface area is 105 Å². The molecule has 1 aliphatic rings. The van der Waals surface area contributed by atoms with Crippen molar-refractivity contribution in [3.8, 4) is 0 Å². The maximum atomic E-state index is 12.2. The van der Waals surface area contributed by atoms with Crippen LogP contribution in [0.5, 0.6) is 0 Å². The molecule has 0 saturated heterocycles. The molecule has 0 saturated carbocycles. The topological polar surface area (TPSA) is 37.4 Å². The molecule has 88 valence electrons. The Hall–Kier alpha value is -0.390. The van der Waals surface area contributed by atoms with Crippen LogP contribution in [-0.4, -0.2) is 19.3 Å². The minimum absolute atomic E-state index is 0.0579. The Morgan fingerprint density at radius 1 is 1.44 bits per heavy atom. The molecule has 1 atom stereocenters. The molecule has 0 radical (unpaired) electrons. The third-order valence-electron chi connectivity index (χ3n) is 2.88. The van der Waals surface area contributed by atoms with E-state index in [0.717, 1.165) is 16.5 Å². The van der Waals surface area contributed by atoms with Gasteiger partial charge >= 0.3 is 0 Å². The highest BCUT2D eigenvalue weighted by atomic mass is 79.9. The zero-order chi connectivity index (χ0) is 11.9. The van der Waals surface area contributed by atoms with Gasteiger partial charge in [-0.25, -0.2) is 8.42 Å². The van der Waals surface area contributed by atoms with Crippen molar-refractivity contribution in [1.82, 2.24) is 4.31 Å². The summed E-state index contributed by atoms with van der Waals surface area (Å²) in [5.41, 5.74) is 0.892. The summed E-state index contributed by atoms with van der Waals surface area (Å²) in [6.07, 6.45) is 0.832. The van der Waals surface area contributed by atoms with Gasteiger partial charge in [0.25, 0.3) is 0 Å². The summed E-state index contributed by atoms with van der Waals surface area (Å²) >= 11 is 3.38.